The minimum absolute atomic E-state index is 0.0778. The van der Waals surface area contributed by atoms with Crippen molar-refractivity contribution in [2.24, 2.45) is 0 Å². The summed E-state index contributed by atoms with van der Waals surface area (Å²) in [7, 11) is 0. The number of hydrogen-bond acceptors (Lipinski definition) is 2. The van der Waals surface area contributed by atoms with E-state index in [1.807, 2.05) is 5.38 Å². The number of thiophene rings is 1. The smallest absolute Gasteiger partial charge is 0.376 e. The van der Waals surface area contributed by atoms with Gasteiger partial charge in [-0.05, 0) is 46.2 Å². The lowest BCUT2D eigenvalue weighted by molar-refractivity contribution is -0.264. The Morgan fingerprint density at radius 2 is 1.94 bits per heavy atom. The first kappa shape index (κ1) is 22.8. The van der Waals surface area contributed by atoms with E-state index in [0.29, 0.717) is 11.1 Å². The molecule has 1 unspecified atom stereocenters. The van der Waals surface area contributed by atoms with Crippen LogP contribution in [0.1, 0.15) is 23.1 Å². The highest BCUT2D eigenvalue weighted by molar-refractivity contribution is 7.08. The number of halogens is 4. The number of aliphatic hydroxyl groups is 1. The predicted molar refractivity (Wildman–Crippen MR) is 122 cm³/mol. The first-order valence-electron chi connectivity index (χ1n) is 9.94. The number of nitrogens with zero attached hydrogens (tertiary/aromatic N) is 2. The summed E-state index contributed by atoms with van der Waals surface area (Å²) in [4.78, 5) is 3.36. The number of aromatic nitrogens is 1. The van der Waals surface area contributed by atoms with Gasteiger partial charge < -0.3 is 9.67 Å². The average molecular weight is 470 g/mol. The second kappa shape index (κ2) is 8.85. The van der Waals surface area contributed by atoms with E-state index in [0.717, 1.165) is 5.56 Å². The molecule has 4 aromatic rings. The van der Waals surface area contributed by atoms with Crippen LogP contribution in [0.25, 0.3) is 21.8 Å². The van der Waals surface area contributed by atoms with E-state index < -0.39 is 24.0 Å². The number of rotatable bonds is 6. The lowest BCUT2D eigenvalue weighted by Gasteiger charge is -2.29. The van der Waals surface area contributed by atoms with E-state index >= 15 is 0 Å². The largest absolute Gasteiger partial charge is 0.421 e. The molecule has 0 bridgehead atoms. The fourth-order valence-electron chi connectivity index (χ4n) is 3.76. The van der Waals surface area contributed by atoms with Gasteiger partial charge in [0.15, 0.2) is 11.3 Å². The van der Waals surface area contributed by atoms with Crippen molar-refractivity contribution >= 4 is 34.0 Å². The van der Waals surface area contributed by atoms with Crippen molar-refractivity contribution in [3.63, 3.8) is 0 Å². The zero-order chi connectivity index (χ0) is 23.6. The van der Waals surface area contributed by atoms with Gasteiger partial charge in [0.2, 0.25) is 0 Å². The van der Waals surface area contributed by atoms with Crippen molar-refractivity contribution in [2.45, 2.75) is 24.7 Å². The van der Waals surface area contributed by atoms with Gasteiger partial charge in [-0.2, -0.15) is 24.5 Å². The third kappa shape index (κ3) is 4.56. The van der Waals surface area contributed by atoms with Gasteiger partial charge in [0.1, 0.15) is 5.82 Å². The molecule has 0 saturated carbocycles. The van der Waals surface area contributed by atoms with Crippen LogP contribution in [-0.4, -0.2) is 15.8 Å². The molecular weight excluding hydrogens is 452 g/mol. The molecule has 4 rings (SSSR count). The second-order valence-electron chi connectivity index (χ2n) is 7.64. The van der Waals surface area contributed by atoms with Crippen molar-refractivity contribution in [1.82, 2.24) is 4.57 Å². The monoisotopic (exact) mass is 470 g/mol. The summed E-state index contributed by atoms with van der Waals surface area (Å²) in [6, 6.07) is 11.8. The van der Waals surface area contributed by atoms with Crippen LogP contribution in [0.3, 0.4) is 0 Å². The van der Waals surface area contributed by atoms with E-state index in [-0.39, 0.29) is 23.2 Å². The van der Waals surface area contributed by atoms with Crippen LogP contribution in [0.5, 0.6) is 0 Å². The van der Waals surface area contributed by atoms with Crippen molar-refractivity contribution in [3.8, 4) is 0 Å². The topological polar surface area (TPSA) is 29.5 Å². The van der Waals surface area contributed by atoms with Crippen LogP contribution in [0.15, 0.2) is 71.6 Å². The number of fused-ring (bicyclic) bond motifs is 1. The SMILES string of the molecule is [C-]#[N+]c1ccc2c(C(O)(C/C=C/c3ccsc3)C(F)(F)F)cn(Cc3cccc(F)c3)c2c1. The molecular formula is C25H18F4N2OS. The van der Waals surface area contributed by atoms with Crippen LogP contribution in [0.2, 0.25) is 0 Å². The highest BCUT2D eigenvalue weighted by atomic mass is 32.1. The third-order valence-electron chi connectivity index (χ3n) is 5.42. The fraction of sp³-hybridized carbons (Fsp3) is 0.160. The van der Waals surface area contributed by atoms with Gasteiger partial charge in [-0.25, -0.2) is 9.24 Å². The molecule has 0 radical (unpaired) electrons. The molecule has 0 amide bonds. The van der Waals surface area contributed by atoms with Gasteiger partial charge in [0, 0.05) is 35.6 Å². The van der Waals surface area contributed by atoms with E-state index in [1.165, 1.54) is 70.7 Å². The Morgan fingerprint density at radius 3 is 2.61 bits per heavy atom. The Morgan fingerprint density at radius 1 is 1.12 bits per heavy atom. The standard InChI is InChI=1S/C25H18F4N2OS/c1-30-20-7-8-21-22(15-31(23(21)13-20)14-18-4-2-6-19(26)12-18)24(32,25(27,28)29)10-3-5-17-9-11-33-16-17/h2-9,11-13,15-16,32H,10,14H2/b5-3+. The molecule has 2 heterocycles. The van der Waals surface area contributed by atoms with E-state index in [1.54, 1.807) is 17.5 Å². The Kier molecular flexibility index (Phi) is 6.11. The van der Waals surface area contributed by atoms with Gasteiger partial charge in [-0.15, -0.1) is 0 Å². The summed E-state index contributed by atoms with van der Waals surface area (Å²) in [5, 5.41) is 14.8. The molecule has 0 spiro atoms. The lowest BCUT2D eigenvalue weighted by atomic mass is 9.89. The number of hydrogen-bond donors (Lipinski definition) is 1. The van der Waals surface area contributed by atoms with E-state index in [4.69, 9.17) is 6.57 Å². The Hall–Kier alpha value is -3.41. The predicted octanol–water partition coefficient (Wildman–Crippen LogP) is 7.29. The molecule has 8 heteroatoms. The molecule has 0 aliphatic heterocycles. The van der Waals surface area contributed by atoms with Crippen molar-refractivity contribution < 1.29 is 22.7 Å². The first-order valence-corrected chi connectivity index (χ1v) is 10.9. The normalized spacial score (nSPS) is 13.9. The summed E-state index contributed by atoms with van der Waals surface area (Å²) in [5.41, 5.74) is -1.56. The van der Waals surface area contributed by atoms with Gasteiger partial charge in [0.25, 0.3) is 0 Å². The van der Waals surface area contributed by atoms with Gasteiger partial charge in [-0.1, -0.05) is 36.4 Å². The second-order valence-corrected chi connectivity index (χ2v) is 8.42. The number of alkyl halides is 3. The molecule has 3 nitrogen and oxygen atoms in total. The molecule has 0 saturated heterocycles. The molecule has 0 fully saturated rings. The maximum atomic E-state index is 14.2. The lowest BCUT2D eigenvalue weighted by Crippen LogP contribution is -2.41. The average Bonchev–Trinajstić information content (AvgIpc) is 3.41. The van der Waals surface area contributed by atoms with Gasteiger partial charge in [-0.3, -0.25) is 0 Å². The van der Waals surface area contributed by atoms with Gasteiger partial charge in [0.05, 0.1) is 6.57 Å². The van der Waals surface area contributed by atoms with Crippen LogP contribution in [0.4, 0.5) is 23.2 Å². The first-order chi connectivity index (χ1) is 15.7. The summed E-state index contributed by atoms with van der Waals surface area (Å²) >= 11 is 1.42. The minimum atomic E-state index is -4.96. The zero-order valence-corrected chi connectivity index (χ0v) is 18.0. The molecule has 1 N–H and O–H groups in total. The summed E-state index contributed by atoms with van der Waals surface area (Å²) in [6.45, 7) is 7.33. The zero-order valence-electron chi connectivity index (χ0n) is 17.2. The van der Waals surface area contributed by atoms with Crippen molar-refractivity contribution in [3.05, 3.63) is 105 Å². The van der Waals surface area contributed by atoms with E-state index in [2.05, 4.69) is 4.85 Å². The van der Waals surface area contributed by atoms with Gasteiger partial charge >= 0.3 is 6.18 Å². The number of benzene rings is 2. The Labute approximate surface area is 191 Å². The maximum Gasteiger partial charge on any atom is 0.421 e. The van der Waals surface area contributed by atoms with Crippen LogP contribution in [-0.2, 0) is 12.1 Å². The molecule has 2 aromatic heterocycles. The fourth-order valence-corrected chi connectivity index (χ4v) is 4.38. The maximum absolute atomic E-state index is 14.2. The van der Waals surface area contributed by atoms with Crippen LogP contribution < -0.4 is 0 Å². The summed E-state index contributed by atoms with van der Waals surface area (Å²) in [5.74, 6) is -0.462. The molecule has 168 valence electrons. The quantitative estimate of drug-likeness (QED) is 0.233. The molecule has 33 heavy (non-hydrogen) atoms. The molecule has 0 aliphatic rings. The van der Waals surface area contributed by atoms with Crippen LogP contribution in [0, 0.1) is 12.4 Å². The van der Waals surface area contributed by atoms with Crippen molar-refractivity contribution in [2.75, 3.05) is 0 Å². The van der Waals surface area contributed by atoms with E-state index in [9.17, 15) is 22.7 Å². The van der Waals surface area contributed by atoms with Crippen molar-refractivity contribution in [1.29, 1.82) is 0 Å². The third-order valence-corrected chi connectivity index (χ3v) is 6.12. The highest BCUT2D eigenvalue weighted by Crippen LogP contribution is 2.45. The Balaban J connectivity index is 1.84. The molecule has 0 aliphatic carbocycles. The summed E-state index contributed by atoms with van der Waals surface area (Å²) in [6.07, 6.45) is -1.55. The van der Waals surface area contributed by atoms with Crippen LogP contribution >= 0.6 is 11.3 Å². The molecule has 1 atom stereocenters. The summed E-state index contributed by atoms with van der Waals surface area (Å²) < 4.78 is 57.9. The minimum Gasteiger partial charge on any atom is -0.376 e. The Bertz CT molecular complexity index is 1350. The highest BCUT2D eigenvalue weighted by Gasteiger charge is 2.55. The molecule has 2 aromatic carbocycles.